The van der Waals surface area contributed by atoms with E-state index >= 15 is 0 Å². The van der Waals surface area contributed by atoms with Gasteiger partial charge in [0.2, 0.25) is 11.7 Å². The number of methoxy groups -OCH3 is 3. The number of non-ortho nitro benzene ring substituents is 1. The lowest BCUT2D eigenvalue weighted by Crippen LogP contribution is -2.36. The van der Waals surface area contributed by atoms with E-state index in [-0.39, 0.29) is 18.1 Å². The van der Waals surface area contributed by atoms with Crippen LogP contribution in [0.4, 0.5) is 11.4 Å². The molecular weight excluding hydrogens is 378 g/mol. The summed E-state index contributed by atoms with van der Waals surface area (Å²) in [5.41, 5.74) is 1.41. The second-order valence-corrected chi connectivity index (χ2v) is 6.39. The summed E-state index contributed by atoms with van der Waals surface area (Å²) < 4.78 is 16.2. The lowest BCUT2D eigenvalue weighted by atomic mass is 10.1. The van der Waals surface area contributed by atoms with Crippen molar-refractivity contribution in [3.8, 4) is 17.2 Å². The molecule has 0 saturated carbocycles. The summed E-state index contributed by atoms with van der Waals surface area (Å²) >= 11 is 0. The highest BCUT2D eigenvalue weighted by Gasteiger charge is 2.19. The lowest BCUT2D eigenvalue weighted by Gasteiger charge is -2.23. The number of benzene rings is 2. The summed E-state index contributed by atoms with van der Waals surface area (Å²) in [7, 11) is 8.09. The number of ether oxygens (including phenoxy) is 3. The Balaban J connectivity index is 2.09. The zero-order valence-electron chi connectivity index (χ0n) is 17.2. The summed E-state index contributed by atoms with van der Waals surface area (Å²) in [6.45, 7) is 0.592. The highest BCUT2D eigenvalue weighted by atomic mass is 16.6. The van der Waals surface area contributed by atoms with Crippen molar-refractivity contribution in [1.29, 1.82) is 0 Å². The van der Waals surface area contributed by atoms with Gasteiger partial charge in [-0.1, -0.05) is 6.07 Å². The van der Waals surface area contributed by atoms with Crippen LogP contribution in [0, 0.1) is 10.1 Å². The number of hydrogen-bond acceptors (Lipinski definition) is 7. The smallest absolute Gasteiger partial charge is 0.269 e. The minimum absolute atomic E-state index is 0.0211. The molecule has 0 aromatic heterocycles. The van der Waals surface area contributed by atoms with Crippen LogP contribution in [0.15, 0.2) is 36.4 Å². The zero-order valence-corrected chi connectivity index (χ0v) is 17.2. The molecule has 0 N–H and O–H groups in total. The summed E-state index contributed by atoms with van der Waals surface area (Å²) in [4.78, 5) is 26.2. The molecule has 0 aliphatic rings. The average molecular weight is 403 g/mol. The molecule has 0 unspecified atom stereocenters. The number of anilines is 1. The largest absolute Gasteiger partial charge is 0.493 e. The molecule has 9 nitrogen and oxygen atoms in total. The van der Waals surface area contributed by atoms with Crippen molar-refractivity contribution in [2.75, 3.05) is 46.9 Å². The third kappa shape index (κ3) is 5.14. The molecule has 2 rings (SSSR count). The number of nitrogens with zero attached hydrogens (tertiary/aromatic N) is 3. The summed E-state index contributed by atoms with van der Waals surface area (Å²) in [6.07, 6.45) is 0. The number of rotatable bonds is 9. The van der Waals surface area contributed by atoms with Gasteiger partial charge in [0.1, 0.15) is 0 Å². The van der Waals surface area contributed by atoms with Gasteiger partial charge in [0.05, 0.1) is 32.8 Å². The molecule has 0 saturated heterocycles. The Morgan fingerprint density at radius 3 is 2.10 bits per heavy atom. The molecule has 0 bridgehead atoms. The summed E-state index contributed by atoms with van der Waals surface area (Å²) in [6, 6.07) is 9.49. The minimum Gasteiger partial charge on any atom is -0.493 e. The van der Waals surface area contributed by atoms with Crippen LogP contribution in [0.25, 0.3) is 0 Å². The lowest BCUT2D eigenvalue weighted by molar-refractivity contribution is -0.384. The third-order valence-corrected chi connectivity index (χ3v) is 4.45. The number of hydrogen-bond donors (Lipinski definition) is 0. The Labute approximate surface area is 169 Å². The maximum Gasteiger partial charge on any atom is 0.269 e. The molecule has 29 heavy (non-hydrogen) atoms. The van der Waals surface area contributed by atoms with Crippen molar-refractivity contribution in [1.82, 2.24) is 4.90 Å². The van der Waals surface area contributed by atoms with E-state index in [1.807, 2.05) is 18.0 Å². The van der Waals surface area contributed by atoms with Crippen LogP contribution in [0.1, 0.15) is 5.56 Å². The molecule has 0 spiro atoms. The van der Waals surface area contributed by atoms with Crippen molar-refractivity contribution in [3.05, 3.63) is 52.1 Å². The first-order chi connectivity index (χ1) is 13.8. The van der Waals surface area contributed by atoms with Gasteiger partial charge in [-0.25, -0.2) is 0 Å². The molecule has 1 amide bonds. The van der Waals surface area contributed by atoms with Crippen LogP contribution in [0.2, 0.25) is 0 Å². The van der Waals surface area contributed by atoms with Crippen molar-refractivity contribution in [3.63, 3.8) is 0 Å². The fourth-order valence-electron chi connectivity index (χ4n) is 2.91. The average Bonchev–Trinajstić information content (AvgIpc) is 2.72. The quantitative estimate of drug-likeness (QED) is 0.469. The Hall–Kier alpha value is -3.33. The van der Waals surface area contributed by atoms with Gasteiger partial charge in [0.25, 0.3) is 5.69 Å². The topological polar surface area (TPSA) is 94.4 Å². The van der Waals surface area contributed by atoms with E-state index in [4.69, 9.17) is 14.2 Å². The Morgan fingerprint density at radius 2 is 1.59 bits per heavy atom. The molecule has 0 fully saturated rings. The van der Waals surface area contributed by atoms with Gasteiger partial charge in [-0.2, -0.15) is 0 Å². The molecular formula is C20H25N3O6. The number of carbonyl (C=O) groups is 1. The number of amides is 1. The van der Waals surface area contributed by atoms with E-state index in [0.29, 0.717) is 29.5 Å². The minimum atomic E-state index is -0.476. The zero-order chi connectivity index (χ0) is 21.6. The van der Waals surface area contributed by atoms with Gasteiger partial charge in [-0.15, -0.1) is 0 Å². The summed E-state index contributed by atoms with van der Waals surface area (Å²) in [5, 5.41) is 10.8. The monoisotopic (exact) mass is 403 g/mol. The van der Waals surface area contributed by atoms with Crippen LogP contribution in [0.5, 0.6) is 17.2 Å². The van der Waals surface area contributed by atoms with E-state index in [2.05, 4.69) is 0 Å². The van der Waals surface area contributed by atoms with Crippen molar-refractivity contribution >= 4 is 17.3 Å². The van der Waals surface area contributed by atoms with Crippen molar-refractivity contribution in [2.45, 2.75) is 6.54 Å². The first-order valence-corrected chi connectivity index (χ1v) is 8.79. The Bertz CT molecular complexity index is 869. The van der Waals surface area contributed by atoms with Gasteiger partial charge in [-0.05, 0) is 25.2 Å². The second kappa shape index (κ2) is 9.74. The third-order valence-electron chi connectivity index (χ3n) is 4.45. The molecule has 2 aromatic rings. The first kappa shape index (κ1) is 22.0. The maximum absolute atomic E-state index is 12.6. The Morgan fingerprint density at radius 1 is 0.966 bits per heavy atom. The predicted octanol–water partition coefficient (Wildman–Crippen LogP) is 2.72. The number of carbonyl (C=O) groups excluding carboxylic acids is 1. The fraction of sp³-hybridized carbons (Fsp3) is 0.350. The van der Waals surface area contributed by atoms with E-state index in [9.17, 15) is 14.9 Å². The van der Waals surface area contributed by atoms with Gasteiger partial charge < -0.3 is 19.1 Å². The van der Waals surface area contributed by atoms with Gasteiger partial charge in [-0.3, -0.25) is 19.8 Å². The second-order valence-electron chi connectivity index (χ2n) is 6.39. The van der Waals surface area contributed by atoms with Gasteiger partial charge in [0.15, 0.2) is 11.5 Å². The van der Waals surface area contributed by atoms with Crippen molar-refractivity contribution < 1.29 is 23.9 Å². The molecule has 0 atom stereocenters. The first-order valence-electron chi connectivity index (χ1n) is 8.79. The van der Waals surface area contributed by atoms with Crippen LogP contribution in [0.3, 0.4) is 0 Å². The van der Waals surface area contributed by atoms with Crippen molar-refractivity contribution in [2.24, 2.45) is 0 Å². The SMILES string of the molecule is COc1ccc(CN(C)CC(=O)N(C)c2ccc([N+](=O)[O-])cc2)c(OC)c1OC. The number of nitro benzene ring substituents is 1. The fourth-order valence-corrected chi connectivity index (χ4v) is 2.91. The summed E-state index contributed by atoms with van der Waals surface area (Å²) in [5.74, 6) is 1.45. The van der Waals surface area contributed by atoms with E-state index < -0.39 is 4.92 Å². The molecule has 0 heterocycles. The van der Waals surface area contributed by atoms with E-state index in [1.165, 1.54) is 24.1 Å². The molecule has 9 heteroatoms. The molecule has 0 radical (unpaired) electrons. The van der Waals surface area contributed by atoms with Crippen LogP contribution >= 0.6 is 0 Å². The normalized spacial score (nSPS) is 10.6. The van der Waals surface area contributed by atoms with E-state index in [1.54, 1.807) is 39.5 Å². The predicted molar refractivity (Wildman–Crippen MR) is 109 cm³/mol. The number of nitro groups is 1. The maximum atomic E-state index is 12.6. The molecule has 156 valence electrons. The number of likely N-dealkylation sites (N-methyl/N-ethyl adjacent to an activating group) is 2. The van der Waals surface area contributed by atoms with Gasteiger partial charge >= 0.3 is 0 Å². The molecule has 0 aliphatic heterocycles. The molecule has 0 aliphatic carbocycles. The van der Waals surface area contributed by atoms with Crippen LogP contribution in [-0.2, 0) is 11.3 Å². The highest BCUT2D eigenvalue weighted by Crippen LogP contribution is 2.40. The van der Waals surface area contributed by atoms with Crippen LogP contribution < -0.4 is 19.1 Å². The molecule has 2 aromatic carbocycles. The van der Waals surface area contributed by atoms with Crippen LogP contribution in [-0.4, -0.2) is 57.7 Å². The van der Waals surface area contributed by atoms with E-state index in [0.717, 1.165) is 5.56 Å². The highest BCUT2D eigenvalue weighted by molar-refractivity contribution is 5.94. The van der Waals surface area contributed by atoms with Gasteiger partial charge in [0, 0.05) is 37.0 Å². The standard InChI is InChI=1S/C20H25N3O6/c1-21(12-14-6-11-17(27-3)20(29-5)19(14)28-4)13-18(24)22(2)15-7-9-16(10-8-15)23(25)26/h6-11H,12-13H2,1-5H3. The Kier molecular flexibility index (Phi) is 7.38.